The molecule has 1 rings (SSSR count). The Hall–Kier alpha value is -1.12. The minimum absolute atomic E-state index is 0.910. The van der Waals surface area contributed by atoms with Gasteiger partial charge in [0.15, 0.2) is 0 Å². The van der Waals surface area contributed by atoms with Crippen molar-refractivity contribution in [2.24, 2.45) is 12.0 Å². The number of nitrogens with zero attached hydrogens (tertiary/aromatic N) is 3. The van der Waals surface area contributed by atoms with Crippen molar-refractivity contribution in [2.45, 2.75) is 0 Å². The van der Waals surface area contributed by atoms with Crippen LogP contribution >= 0.6 is 0 Å². The van der Waals surface area contributed by atoms with Crippen LogP contribution in [-0.4, -0.2) is 16.8 Å². The molecule has 1 aromatic heterocycles. The van der Waals surface area contributed by atoms with E-state index in [0.29, 0.717) is 0 Å². The van der Waals surface area contributed by atoms with Crippen LogP contribution < -0.4 is 5.36 Å². The van der Waals surface area contributed by atoms with Crippen LogP contribution in [0.25, 0.3) is 0 Å². The minimum Gasteiger partial charge on any atom is -0.287 e. The zero-order valence-electron chi connectivity index (χ0n) is 5.57. The highest BCUT2D eigenvalue weighted by molar-refractivity contribution is 4.83. The van der Waals surface area contributed by atoms with Crippen molar-refractivity contribution in [3.8, 4) is 0 Å². The third-order valence-corrected chi connectivity index (χ3v) is 1.09. The Morgan fingerprint density at radius 3 is 2.89 bits per heavy atom. The Balaban J connectivity index is 3.17. The van der Waals surface area contributed by atoms with Crippen molar-refractivity contribution in [3.05, 3.63) is 23.8 Å². The molecular formula is C6H9N3. The highest BCUT2D eigenvalue weighted by Crippen LogP contribution is 1.68. The van der Waals surface area contributed by atoms with Gasteiger partial charge >= 0.3 is 0 Å². The molecule has 48 valence electrons. The van der Waals surface area contributed by atoms with E-state index in [1.165, 1.54) is 0 Å². The summed E-state index contributed by atoms with van der Waals surface area (Å²) in [4.78, 5) is 3.94. The third-order valence-electron chi connectivity index (χ3n) is 1.09. The SMILES string of the molecule is CN=c1ccn(C)nc1. The van der Waals surface area contributed by atoms with E-state index in [1.807, 2.05) is 19.3 Å². The van der Waals surface area contributed by atoms with E-state index in [4.69, 9.17) is 0 Å². The molecule has 9 heavy (non-hydrogen) atoms. The fraction of sp³-hybridized carbons (Fsp3) is 0.333. The van der Waals surface area contributed by atoms with Crippen molar-refractivity contribution < 1.29 is 0 Å². The smallest absolute Gasteiger partial charge is 0.0786 e. The van der Waals surface area contributed by atoms with Gasteiger partial charge < -0.3 is 0 Å². The summed E-state index contributed by atoms with van der Waals surface area (Å²) in [5.41, 5.74) is 0. The first-order chi connectivity index (χ1) is 4.33. The Morgan fingerprint density at radius 1 is 1.67 bits per heavy atom. The van der Waals surface area contributed by atoms with Crippen LogP contribution in [0, 0.1) is 0 Å². The van der Waals surface area contributed by atoms with E-state index in [0.717, 1.165) is 5.36 Å². The molecule has 0 aliphatic rings. The van der Waals surface area contributed by atoms with Crippen molar-refractivity contribution in [2.75, 3.05) is 7.05 Å². The number of aryl methyl sites for hydroxylation is 1. The zero-order chi connectivity index (χ0) is 6.69. The van der Waals surface area contributed by atoms with Gasteiger partial charge in [0.1, 0.15) is 0 Å². The number of hydrogen-bond acceptors (Lipinski definition) is 2. The van der Waals surface area contributed by atoms with Crippen LogP contribution in [0.2, 0.25) is 0 Å². The molecule has 0 amide bonds. The lowest BCUT2D eigenvalue weighted by Gasteiger charge is -1.91. The molecule has 0 radical (unpaired) electrons. The molecular weight excluding hydrogens is 114 g/mol. The molecule has 0 fully saturated rings. The molecule has 0 N–H and O–H groups in total. The van der Waals surface area contributed by atoms with Gasteiger partial charge in [-0.3, -0.25) is 9.67 Å². The second-order valence-electron chi connectivity index (χ2n) is 1.78. The van der Waals surface area contributed by atoms with Gasteiger partial charge in [-0.2, -0.15) is 5.10 Å². The largest absolute Gasteiger partial charge is 0.287 e. The monoisotopic (exact) mass is 123 g/mol. The summed E-state index contributed by atoms with van der Waals surface area (Å²) in [5.74, 6) is 0. The first-order valence-corrected chi connectivity index (χ1v) is 2.75. The Labute approximate surface area is 53.7 Å². The van der Waals surface area contributed by atoms with Crippen molar-refractivity contribution in [3.63, 3.8) is 0 Å². The quantitative estimate of drug-likeness (QED) is 0.475. The average Bonchev–Trinajstić information content (AvgIpc) is 1.90. The number of aromatic nitrogens is 2. The van der Waals surface area contributed by atoms with Crippen molar-refractivity contribution in [1.29, 1.82) is 0 Å². The molecule has 0 unspecified atom stereocenters. The summed E-state index contributed by atoms with van der Waals surface area (Å²) in [5, 5.41) is 4.88. The summed E-state index contributed by atoms with van der Waals surface area (Å²) in [7, 11) is 3.62. The third kappa shape index (κ3) is 1.38. The van der Waals surface area contributed by atoms with E-state index in [-0.39, 0.29) is 0 Å². The highest BCUT2D eigenvalue weighted by Gasteiger charge is 1.76. The molecule has 3 nitrogen and oxygen atoms in total. The maximum atomic E-state index is 3.97. The van der Waals surface area contributed by atoms with Crippen LogP contribution in [0.5, 0.6) is 0 Å². The van der Waals surface area contributed by atoms with Crippen LogP contribution in [-0.2, 0) is 7.05 Å². The minimum atomic E-state index is 0.910. The fourth-order valence-electron chi connectivity index (χ4n) is 0.548. The van der Waals surface area contributed by atoms with Crippen LogP contribution in [0.4, 0.5) is 0 Å². The van der Waals surface area contributed by atoms with Gasteiger partial charge in [-0.25, -0.2) is 0 Å². The lowest BCUT2D eigenvalue weighted by Crippen LogP contribution is -2.05. The Bertz CT molecular complexity index is 228. The van der Waals surface area contributed by atoms with Crippen LogP contribution in [0.3, 0.4) is 0 Å². The second kappa shape index (κ2) is 2.44. The Morgan fingerprint density at radius 2 is 2.44 bits per heavy atom. The lowest BCUT2D eigenvalue weighted by molar-refractivity contribution is 0.731. The number of rotatable bonds is 0. The Kier molecular flexibility index (Phi) is 1.63. The van der Waals surface area contributed by atoms with Gasteiger partial charge in [-0.15, -0.1) is 0 Å². The van der Waals surface area contributed by atoms with E-state index < -0.39 is 0 Å². The maximum absolute atomic E-state index is 3.97. The average molecular weight is 123 g/mol. The molecule has 3 heteroatoms. The normalized spacial score (nSPS) is 12.0. The fourth-order valence-corrected chi connectivity index (χ4v) is 0.548. The summed E-state index contributed by atoms with van der Waals surface area (Å²) in [6.45, 7) is 0. The maximum Gasteiger partial charge on any atom is 0.0786 e. The molecule has 0 atom stereocenters. The summed E-state index contributed by atoms with van der Waals surface area (Å²) in [6.07, 6.45) is 3.59. The number of hydrogen-bond donors (Lipinski definition) is 0. The summed E-state index contributed by atoms with van der Waals surface area (Å²) >= 11 is 0. The molecule has 0 saturated carbocycles. The molecule has 0 aromatic carbocycles. The van der Waals surface area contributed by atoms with Gasteiger partial charge in [0.2, 0.25) is 0 Å². The molecule has 0 spiro atoms. The van der Waals surface area contributed by atoms with Crippen LogP contribution in [0.15, 0.2) is 23.5 Å². The van der Waals surface area contributed by atoms with Crippen LogP contribution in [0.1, 0.15) is 0 Å². The first kappa shape index (κ1) is 6.01. The van der Waals surface area contributed by atoms with Gasteiger partial charge in [-0.1, -0.05) is 0 Å². The first-order valence-electron chi connectivity index (χ1n) is 2.75. The lowest BCUT2D eigenvalue weighted by atomic mass is 10.5. The highest BCUT2D eigenvalue weighted by atomic mass is 15.2. The molecule has 1 heterocycles. The predicted octanol–water partition coefficient (Wildman–Crippen LogP) is -0.0494. The van der Waals surface area contributed by atoms with Gasteiger partial charge in [0.05, 0.1) is 11.6 Å². The predicted molar refractivity (Wildman–Crippen MR) is 34.7 cm³/mol. The summed E-state index contributed by atoms with van der Waals surface area (Å²) in [6, 6.07) is 1.91. The van der Waals surface area contributed by atoms with Crippen molar-refractivity contribution in [1.82, 2.24) is 9.78 Å². The second-order valence-corrected chi connectivity index (χ2v) is 1.78. The molecule has 0 bridgehead atoms. The summed E-state index contributed by atoms with van der Waals surface area (Å²) < 4.78 is 1.73. The van der Waals surface area contributed by atoms with Gasteiger partial charge in [-0.05, 0) is 6.07 Å². The van der Waals surface area contributed by atoms with E-state index >= 15 is 0 Å². The van der Waals surface area contributed by atoms with E-state index in [2.05, 4.69) is 10.1 Å². The molecule has 0 saturated heterocycles. The zero-order valence-corrected chi connectivity index (χ0v) is 5.57. The topological polar surface area (TPSA) is 30.2 Å². The van der Waals surface area contributed by atoms with E-state index in [1.54, 1.807) is 17.9 Å². The molecule has 0 aliphatic carbocycles. The van der Waals surface area contributed by atoms with Crippen molar-refractivity contribution >= 4 is 0 Å². The molecule has 0 aliphatic heterocycles. The van der Waals surface area contributed by atoms with E-state index in [9.17, 15) is 0 Å². The van der Waals surface area contributed by atoms with Gasteiger partial charge in [0, 0.05) is 20.3 Å². The van der Waals surface area contributed by atoms with Gasteiger partial charge in [0.25, 0.3) is 0 Å². The standard InChI is InChI=1S/C6H9N3/c1-7-6-3-4-9(2)8-5-6/h3-5H,1-2H3. The molecule has 1 aromatic rings.